The average molecular weight is 254 g/mol. The number of benzene rings is 1. The van der Waals surface area contributed by atoms with E-state index in [1.807, 2.05) is 0 Å². The Morgan fingerprint density at radius 3 is 2.42 bits per heavy atom. The van der Waals surface area contributed by atoms with E-state index in [0.29, 0.717) is 17.6 Å². The van der Waals surface area contributed by atoms with E-state index in [-0.39, 0.29) is 16.2 Å². The highest BCUT2D eigenvalue weighted by atomic mass is 16.1. The van der Waals surface area contributed by atoms with Gasteiger partial charge in [0.25, 0.3) is 0 Å². The van der Waals surface area contributed by atoms with Crippen LogP contribution in [-0.4, -0.2) is 5.78 Å². The molecule has 100 valence electrons. The van der Waals surface area contributed by atoms with Gasteiger partial charge in [-0.2, -0.15) is 0 Å². The second-order valence-electron chi connectivity index (χ2n) is 7.73. The van der Waals surface area contributed by atoms with Gasteiger partial charge in [-0.05, 0) is 36.2 Å². The topological polar surface area (TPSA) is 17.1 Å². The summed E-state index contributed by atoms with van der Waals surface area (Å²) in [5.74, 6) is 1.35. The van der Waals surface area contributed by atoms with Crippen molar-refractivity contribution in [3.05, 3.63) is 35.4 Å². The lowest BCUT2D eigenvalue weighted by molar-refractivity contribution is -0.130. The van der Waals surface area contributed by atoms with Crippen LogP contribution in [0.2, 0.25) is 0 Å². The van der Waals surface area contributed by atoms with Crippen LogP contribution in [0.5, 0.6) is 0 Å². The molecule has 0 heterocycles. The largest absolute Gasteiger partial charge is 0.299 e. The van der Waals surface area contributed by atoms with E-state index in [1.54, 1.807) is 0 Å². The van der Waals surface area contributed by atoms with Gasteiger partial charge in [-0.15, -0.1) is 0 Å². The minimum absolute atomic E-state index is 0.0575. The molecule has 4 unspecified atom stereocenters. The van der Waals surface area contributed by atoms with Gasteiger partial charge in [-0.1, -0.05) is 50.6 Å². The summed E-state index contributed by atoms with van der Waals surface area (Å²) >= 11 is 0. The third-order valence-corrected chi connectivity index (χ3v) is 7.14. The molecule has 0 aromatic heterocycles. The van der Waals surface area contributed by atoms with Crippen LogP contribution >= 0.6 is 0 Å². The zero-order chi connectivity index (χ0) is 13.6. The molecule has 0 saturated heterocycles. The van der Waals surface area contributed by atoms with E-state index >= 15 is 0 Å². The Labute approximate surface area is 115 Å². The molecular weight excluding hydrogens is 232 g/mol. The standard InChI is InChI=1S/C18H22O/c1-11-6-5-7-12(10-11)13-14-15(19)17(4)8-9-18(13,14)16(17,2)3/h5-7,10,13-14H,8-9H2,1-4H3. The van der Waals surface area contributed by atoms with Crippen LogP contribution in [0.4, 0.5) is 0 Å². The quantitative estimate of drug-likeness (QED) is 0.737. The lowest BCUT2D eigenvalue weighted by Crippen LogP contribution is -2.37. The van der Waals surface area contributed by atoms with E-state index in [1.165, 1.54) is 17.5 Å². The molecule has 3 saturated carbocycles. The van der Waals surface area contributed by atoms with Gasteiger partial charge in [-0.3, -0.25) is 4.79 Å². The molecule has 1 nitrogen and oxygen atoms in total. The molecule has 3 aliphatic rings. The third kappa shape index (κ3) is 0.978. The minimum atomic E-state index is -0.0575. The lowest BCUT2D eigenvalue weighted by Gasteiger charge is -2.37. The lowest BCUT2D eigenvalue weighted by atomic mass is 9.65. The summed E-state index contributed by atoms with van der Waals surface area (Å²) in [6, 6.07) is 8.80. The van der Waals surface area contributed by atoms with Gasteiger partial charge in [0.2, 0.25) is 0 Å². The van der Waals surface area contributed by atoms with Crippen LogP contribution in [0.1, 0.15) is 50.7 Å². The second kappa shape index (κ2) is 2.97. The predicted molar refractivity (Wildman–Crippen MR) is 76.0 cm³/mol. The Hall–Kier alpha value is -1.11. The zero-order valence-corrected chi connectivity index (χ0v) is 12.3. The number of carbonyl (C=O) groups is 1. The number of ketones is 1. The zero-order valence-electron chi connectivity index (χ0n) is 12.3. The minimum Gasteiger partial charge on any atom is -0.299 e. The van der Waals surface area contributed by atoms with Crippen molar-refractivity contribution in [3.63, 3.8) is 0 Å². The van der Waals surface area contributed by atoms with E-state index in [9.17, 15) is 4.79 Å². The molecule has 1 aromatic rings. The maximum Gasteiger partial charge on any atom is 0.143 e. The van der Waals surface area contributed by atoms with Crippen LogP contribution in [0.25, 0.3) is 0 Å². The Bertz CT molecular complexity index is 599. The van der Waals surface area contributed by atoms with Gasteiger partial charge in [0.05, 0.1) is 0 Å². The SMILES string of the molecule is Cc1cccc(C2C3C(=O)C4(C)CCC32C4(C)C)c1. The fraction of sp³-hybridized carbons (Fsp3) is 0.611. The molecule has 1 spiro atoms. The Kier molecular flexibility index (Phi) is 1.83. The normalized spacial score (nSPS) is 45.4. The number of fused-ring (bicyclic) bond motifs is 1. The van der Waals surface area contributed by atoms with Gasteiger partial charge in [0.1, 0.15) is 5.78 Å². The van der Waals surface area contributed by atoms with Crippen LogP contribution in [0.3, 0.4) is 0 Å². The molecule has 0 aliphatic heterocycles. The average Bonchev–Trinajstić information content (AvgIpc) is 2.97. The molecule has 3 fully saturated rings. The van der Waals surface area contributed by atoms with Crippen molar-refractivity contribution in [1.29, 1.82) is 0 Å². The van der Waals surface area contributed by atoms with Crippen LogP contribution in [-0.2, 0) is 4.79 Å². The van der Waals surface area contributed by atoms with Gasteiger partial charge < -0.3 is 0 Å². The van der Waals surface area contributed by atoms with Gasteiger partial charge >= 0.3 is 0 Å². The first-order chi connectivity index (χ1) is 8.86. The highest BCUT2D eigenvalue weighted by Gasteiger charge is 2.87. The maximum absolute atomic E-state index is 12.8. The van der Waals surface area contributed by atoms with Crippen molar-refractivity contribution in [3.8, 4) is 0 Å². The van der Waals surface area contributed by atoms with Gasteiger partial charge in [0, 0.05) is 17.3 Å². The molecule has 4 atom stereocenters. The first kappa shape index (κ1) is 11.7. The van der Waals surface area contributed by atoms with E-state index in [2.05, 4.69) is 52.0 Å². The second-order valence-corrected chi connectivity index (χ2v) is 7.73. The molecule has 2 bridgehead atoms. The first-order valence-electron chi connectivity index (χ1n) is 7.47. The van der Waals surface area contributed by atoms with Crippen molar-refractivity contribution >= 4 is 5.78 Å². The predicted octanol–water partition coefficient (Wildman–Crippen LogP) is 4.10. The van der Waals surface area contributed by atoms with Crippen molar-refractivity contribution in [2.24, 2.45) is 22.2 Å². The fourth-order valence-electron chi connectivity index (χ4n) is 5.64. The van der Waals surface area contributed by atoms with Crippen molar-refractivity contribution in [1.82, 2.24) is 0 Å². The Morgan fingerprint density at radius 2 is 1.84 bits per heavy atom. The molecule has 1 aromatic carbocycles. The molecule has 4 rings (SSSR count). The molecule has 0 N–H and O–H groups in total. The molecule has 3 aliphatic carbocycles. The number of hydrogen-bond donors (Lipinski definition) is 0. The molecule has 0 radical (unpaired) electrons. The summed E-state index contributed by atoms with van der Waals surface area (Å²) in [7, 11) is 0. The molecular formula is C18H22O. The van der Waals surface area contributed by atoms with Crippen LogP contribution in [0.15, 0.2) is 24.3 Å². The summed E-state index contributed by atoms with van der Waals surface area (Å²) in [6.45, 7) is 9.04. The van der Waals surface area contributed by atoms with E-state index < -0.39 is 0 Å². The monoisotopic (exact) mass is 254 g/mol. The van der Waals surface area contributed by atoms with Crippen molar-refractivity contribution in [2.45, 2.75) is 46.5 Å². The summed E-state index contributed by atoms with van der Waals surface area (Å²) in [6.07, 6.45) is 2.34. The smallest absolute Gasteiger partial charge is 0.143 e. The maximum atomic E-state index is 12.8. The first-order valence-corrected chi connectivity index (χ1v) is 7.47. The number of Topliss-reactive ketones (excluding diaryl/α,β-unsaturated/α-hetero) is 1. The van der Waals surface area contributed by atoms with Gasteiger partial charge in [0.15, 0.2) is 0 Å². The molecule has 19 heavy (non-hydrogen) atoms. The Balaban J connectivity index is 1.84. The fourth-order valence-corrected chi connectivity index (χ4v) is 5.64. The molecule has 1 heteroatoms. The van der Waals surface area contributed by atoms with Gasteiger partial charge in [-0.25, -0.2) is 0 Å². The van der Waals surface area contributed by atoms with Crippen LogP contribution in [0, 0.1) is 29.1 Å². The number of rotatable bonds is 1. The molecule has 0 amide bonds. The number of hydrogen-bond acceptors (Lipinski definition) is 1. The van der Waals surface area contributed by atoms with E-state index in [0.717, 1.165) is 6.42 Å². The summed E-state index contributed by atoms with van der Waals surface area (Å²) < 4.78 is 0. The third-order valence-electron chi connectivity index (χ3n) is 7.14. The highest BCUT2D eigenvalue weighted by Crippen LogP contribution is 2.89. The number of carbonyl (C=O) groups excluding carboxylic acids is 1. The van der Waals surface area contributed by atoms with E-state index in [4.69, 9.17) is 0 Å². The van der Waals surface area contributed by atoms with Crippen molar-refractivity contribution in [2.75, 3.05) is 0 Å². The van der Waals surface area contributed by atoms with Crippen molar-refractivity contribution < 1.29 is 4.79 Å². The summed E-state index contributed by atoms with van der Waals surface area (Å²) in [5, 5.41) is 0. The summed E-state index contributed by atoms with van der Waals surface area (Å²) in [4.78, 5) is 12.8. The number of aryl methyl sites for hydroxylation is 1. The highest BCUT2D eigenvalue weighted by molar-refractivity contribution is 5.98. The Morgan fingerprint density at radius 1 is 1.11 bits per heavy atom. The van der Waals surface area contributed by atoms with Crippen LogP contribution < -0.4 is 0 Å². The summed E-state index contributed by atoms with van der Waals surface area (Å²) in [5.41, 5.74) is 3.08.